The normalized spacial score (nSPS) is 23.4. The number of nitrogens with zero attached hydrogens (tertiary/aromatic N) is 2. The Kier molecular flexibility index (Phi) is 7.71. The number of ether oxygens (including phenoxy) is 3. The highest BCUT2D eigenvalue weighted by Crippen LogP contribution is 2.56. The summed E-state index contributed by atoms with van der Waals surface area (Å²) in [6.07, 6.45) is -0.0548. The lowest BCUT2D eigenvalue weighted by Gasteiger charge is -2.43. The van der Waals surface area contributed by atoms with Crippen LogP contribution in [0.4, 0.5) is 5.82 Å². The van der Waals surface area contributed by atoms with E-state index in [4.69, 9.17) is 14.2 Å². The smallest absolute Gasteiger partial charge is 0.351 e. The van der Waals surface area contributed by atoms with Gasteiger partial charge in [0.2, 0.25) is 0 Å². The summed E-state index contributed by atoms with van der Waals surface area (Å²) >= 11 is 1.56. The molecule has 2 fully saturated rings. The van der Waals surface area contributed by atoms with Gasteiger partial charge in [-0.3, -0.25) is 4.57 Å². The second-order valence-electron chi connectivity index (χ2n) is 10.4. The van der Waals surface area contributed by atoms with Crippen LogP contribution in [0.3, 0.4) is 0 Å². The number of thioether (sulfide) groups is 1. The van der Waals surface area contributed by atoms with E-state index >= 15 is 0 Å². The van der Waals surface area contributed by atoms with Gasteiger partial charge in [0.25, 0.3) is 0 Å². The van der Waals surface area contributed by atoms with Crippen molar-refractivity contribution in [3.05, 3.63) is 118 Å². The molecule has 0 aliphatic carbocycles. The fourth-order valence-corrected chi connectivity index (χ4v) is 7.27. The topological polar surface area (TPSA) is 115 Å². The first-order valence-corrected chi connectivity index (χ1v) is 14.7. The SMILES string of the molecule is COc1ccc(C(Nc2ccn([C@@H]3O[C@H](CO)[C@@H](O)[C@]34CCS4)c(=O)n2)(c2ccccc2)c2ccc(OC)cc2)cc1. The second kappa shape index (κ2) is 11.4. The Balaban J connectivity index is 1.46. The lowest BCUT2D eigenvalue weighted by molar-refractivity contribution is -0.0473. The van der Waals surface area contributed by atoms with Crippen molar-refractivity contribution in [3.63, 3.8) is 0 Å². The highest BCUT2D eigenvalue weighted by Gasteiger charge is 2.61. The first kappa shape index (κ1) is 28.3. The summed E-state index contributed by atoms with van der Waals surface area (Å²) in [6.45, 7) is -0.328. The molecule has 0 unspecified atom stereocenters. The van der Waals surface area contributed by atoms with Crippen molar-refractivity contribution >= 4 is 17.6 Å². The van der Waals surface area contributed by atoms with Gasteiger partial charge in [0.1, 0.15) is 35.1 Å². The van der Waals surface area contributed by atoms with E-state index in [1.807, 2.05) is 78.9 Å². The third kappa shape index (κ3) is 4.64. The Morgan fingerprint density at radius 3 is 2.02 bits per heavy atom. The quantitative estimate of drug-likeness (QED) is 0.252. The summed E-state index contributed by atoms with van der Waals surface area (Å²) in [5.41, 5.74) is 1.28. The van der Waals surface area contributed by atoms with E-state index < -0.39 is 34.4 Å². The molecule has 0 radical (unpaired) electrons. The van der Waals surface area contributed by atoms with Gasteiger partial charge in [-0.15, -0.1) is 11.8 Å². The minimum atomic E-state index is -0.946. The number of methoxy groups -OCH3 is 2. The van der Waals surface area contributed by atoms with Crippen molar-refractivity contribution in [3.8, 4) is 11.5 Å². The number of nitrogens with one attached hydrogen (secondary N) is 1. The van der Waals surface area contributed by atoms with Crippen LogP contribution in [0.15, 0.2) is 95.9 Å². The summed E-state index contributed by atoms with van der Waals surface area (Å²) in [4.78, 5) is 18.0. The monoisotopic (exact) mass is 587 g/mol. The molecule has 2 aliphatic heterocycles. The van der Waals surface area contributed by atoms with Gasteiger partial charge in [-0.25, -0.2) is 4.79 Å². The molecule has 218 valence electrons. The van der Waals surface area contributed by atoms with Gasteiger partial charge >= 0.3 is 5.69 Å². The van der Waals surface area contributed by atoms with Crippen LogP contribution >= 0.6 is 11.8 Å². The van der Waals surface area contributed by atoms with Gasteiger partial charge in [0.15, 0.2) is 6.23 Å². The molecule has 0 amide bonds. The molecule has 10 heteroatoms. The summed E-state index contributed by atoms with van der Waals surface area (Å²) in [7, 11) is 3.25. The van der Waals surface area contributed by atoms with Crippen molar-refractivity contribution in [2.45, 2.75) is 35.1 Å². The van der Waals surface area contributed by atoms with E-state index in [1.165, 1.54) is 4.57 Å². The van der Waals surface area contributed by atoms with E-state index in [1.54, 1.807) is 38.2 Å². The third-order valence-electron chi connectivity index (χ3n) is 8.27. The van der Waals surface area contributed by atoms with Crippen molar-refractivity contribution < 1.29 is 24.4 Å². The van der Waals surface area contributed by atoms with Crippen molar-refractivity contribution in [1.29, 1.82) is 0 Å². The van der Waals surface area contributed by atoms with Gasteiger partial charge in [0, 0.05) is 6.20 Å². The number of rotatable bonds is 9. The van der Waals surface area contributed by atoms with Gasteiger partial charge in [0.05, 0.1) is 25.6 Å². The molecule has 1 aromatic heterocycles. The molecule has 0 bridgehead atoms. The summed E-state index contributed by atoms with van der Waals surface area (Å²) in [5.74, 6) is 2.65. The van der Waals surface area contributed by atoms with Crippen molar-refractivity contribution in [2.75, 3.05) is 31.9 Å². The highest BCUT2D eigenvalue weighted by atomic mass is 32.2. The van der Waals surface area contributed by atoms with Gasteiger partial charge in [-0.05, 0) is 59.2 Å². The predicted molar refractivity (Wildman–Crippen MR) is 161 cm³/mol. The fraction of sp³-hybridized carbons (Fsp3) is 0.312. The van der Waals surface area contributed by atoms with Crippen molar-refractivity contribution in [2.24, 2.45) is 0 Å². The summed E-state index contributed by atoms with van der Waals surface area (Å²) < 4.78 is 17.6. The maximum absolute atomic E-state index is 13.6. The first-order valence-electron chi connectivity index (χ1n) is 13.8. The van der Waals surface area contributed by atoms with E-state index in [0.29, 0.717) is 12.2 Å². The molecular formula is C32H33N3O6S. The van der Waals surface area contributed by atoms with E-state index in [2.05, 4.69) is 10.3 Å². The maximum atomic E-state index is 13.6. The number of aromatic nitrogens is 2. The maximum Gasteiger partial charge on any atom is 0.351 e. The minimum Gasteiger partial charge on any atom is -0.497 e. The molecule has 0 saturated carbocycles. The standard InChI is InChI=1S/C32H33N3O6S/c1-39-24-12-8-22(9-13-24)32(21-6-4-3-5-7-21,23-10-14-25(40-2)15-11-23)34-27-16-18-35(30(38)33-27)29-31(17-19-42-31)28(37)26(20-36)41-29/h3-16,18,26,28-29,36-37H,17,19-20H2,1-2H3,(H,33,34,38)/t26-,28-,29-,31-/m1/s1. The summed E-state index contributed by atoms with van der Waals surface area (Å²) in [5, 5.41) is 24.2. The molecule has 2 saturated heterocycles. The zero-order chi connectivity index (χ0) is 29.3. The molecule has 2 aliphatic rings. The molecule has 6 rings (SSSR count). The third-order valence-corrected chi connectivity index (χ3v) is 9.86. The number of hydrogen-bond acceptors (Lipinski definition) is 9. The zero-order valence-corrected chi connectivity index (χ0v) is 24.2. The number of aliphatic hydroxyl groups is 2. The number of aliphatic hydroxyl groups excluding tert-OH is 2. The van der Waals surface area contributed by atoms with Crippen LogP contribution in [-0.2, 0) is 10.3 Å². The molecule has 4 aromatic rings. The Morgan fingerprint density at radius 1 is 0.976 bits per heavy atom. The molecule has 9 nitrogen and oxygen atoms in total. The lowest BCUT2D eigenvalue weighted by atomic mass is 9.77. The van der Waals surface area contributed by atoms with Crippen LogP contribution in [0.2, 0.25) is 0 Å². The fourth-order valence-electron chi connectivity index (χ4n) is 5.97. The predicted octanol–water partition coefficient (Wildman–Crippen LogP) is 3.79. The molecule has 42 heavy (non-hydrogen) atoms. The largest absolute Gasteiger partial charge is 0.497 e. The Morgan fingerprint density at radius 2 is 1.55 bits per heavy atom. The molecule has 1 spiro atoms. The van der Waals surface area contributed by atoms with Gasteiger partial charge < -0.3 is 29.7 Å². The highest BCUT2D eigenvalue weighted by molar-refractivity contribution is 8.02. The lowest BCUT2D eigenvalue weighted by Crippen LogP contribution is -2.51. The summed E-state index contributed by atoms with van der Waals surface area (Å²) in [6, 6.07) is 27.3. The van der Waals surface area contributed by atoms with Crippen LogP contribution in [0, 0.1) is 0 Å². The average molecular weight is 588 g/mol. The van der Waals surface area contributed by atoms with Crippen LogP contribution in [0.1, 0.15) is 29.3 Å². The van der Waals surface area contributed by atoms with Gasteiger partial charge in [-0.1, -0.05) is 54.6 Å². The van der Waals surface area contributed by atoms with Crippen LogP contribution in [0.25, 0.3) is 0 Å². The van der Waals surface area contributed by atoms with Crippen molar-refractivity contribution in [1.82, 2.24) is 9.55 Å². The zero-order valence-electron chi connectivity index (χ0n) is 23.3. The molecule has 3 heterocycles. The van der Waals surface area contributed by atoms with E-state index in [0.717, 1.165) is 33.9 Å². The number of anilines is 1. The Hall–Kier alpha value is -3.83. The number of hydrogen-bond donors (Lipinski definition) is 3. The first-order chi connectivity index (χ1) is 20.4. The van der Waals surface area contributed by atoms with E-state index in [-0.39, 0.29) is 6.61 Å². The molecule has 3 N–H and O–H groups in total. The van der Waals surface area contributed by atoms with Crippen LogP contribution < -0.4 is 20.5 Å². The van der Waals surface area contributed by atoms with Crippen LogP contribution in [0.5, 0.6) is 11.5 Å². The molecule has 3 aromatic carbocycles. The van der Waals surface area contributed by atoms with Crippen LogP contribution in [-0.4, -0.2) is 63.3 Å². The molecular weight excluding hydrogens is 554 g/mol. The van der Waals surface area contributed by atoms with E-state index in [9.17, 15) is 15.0 Å². The average Bonchev–Trinajstić information content (AvgIpc) is 3.32. The second-order valence-corrected chi connectivity index (χ2v) is 11.9. The van der Waals surface area contributed by atoms with Gasteiger partial charge in [-0.2, -0.15) is 4.98 Å². The Labute approximate surface area is 248 Å². The molecule has 4 atom stereocenters. The minimum absolute atomic E-state index is 0.328. The number of benzene rings is 3. The Bertz CT molecular complexity index is 1530.